The molecule has 0 bridgehead atoms. The van der Waals surface area contributed by atoms with E-state index in [0.717, 1.165) is 12.8 Å². The van der Waals surface area contributed by atoms with Crippen LogP contribution in [0.3, 0.4) is 0 Å². The van der Waals surface area contributed by atoms with Crippen LogP contribution in [-0.2, 0) is 0 Å². The van der Waals surface area contributed by atoms with Gasteiger partial charge in [-0.1, -0.05) is 19.4 Å². The fraction of sp³-hybridized carbons (Fsp3) is 0.571. The lowest BCUT2D eigenvalue weighted by Gasteiger charge is -2.02. The molecule has 0 heterocycles. The first-order chi connectivity index (χ1) is 3.81. The number of hydrogen-bond acceptors (Lipinski definition) is 1. The minimum atomic E-state index is -0.280. The second kappa shape index (κ2) is 4.85. The van der Waals surface area contributed by atoms with Crippen LogP contribution in [0.2, 0.25) is 0 Å². The van der Waals surface area contributed by atoms with Gasteiger partial charge in [0, 0.05) is 6.42 Å². The fourth-order valence-corrected chi connectivity index (χ4v) is 0.549. The summed E-state index contributed by atoms with van der Waals surface area (Å²) in [5, 5.41) is 8.92. The van der Waals surface area contributed by atoms with Gasteiger partial charge in [-0.2, -0.15) is 0 Å². The summed E-state index contributed by atoms with van der Waals surface area (Å²) >= 11 is 0. The lowest BCUT2D eigenvalue weighted by molar-refractivity contribution is 0.200. The molecular formula is C7H13O. The third-order valence-corrected chi connectivity index (χ3v) is 0.943. The van der Waals surface area contributed by atoms with E-state index in [2.05, 4.69) is 6.58 Å². The number of aliphatic hydroxyl groups is 1. The summed E-state index contributed by atoms with van der Waals surface area (Å²) in [4.78, 5) is 0. The average molecular weight is 113 g/mol. The van der Waals surface area contributed by atoms with E-state index in [4.69, 9.17) is 5.11 Å². The summed E-state index contributed by atoms with van der Waals surface area (Å²) in [7, 11) is 0. The molecule has 8 heavy (non-hydrogen) atoms. The summed E-state index contributed by atoms with van der Waals surface area (Å²) in [6.45, 7) is 5.51. The van der Waals surface area contributed by atoms with Gasteiger partial charge in [-0.3, -0.25) is 0 Å². The van der Waals surface area contributed by atoms with Crippen molar-refractivity contribution in [2.24, 2.45) is 0 Å². The van der Waals surface area contributed by atoms with Gasteiger partial charge in [-0.25, -0.2) is 0 Å². The molecule has 1 heteroatoms. The predicted molar refractivity (Wildman–Crippen MR) is 35.4 cm³/mol. The first-order valence-electron chi connectivity index (χ1n) is 2.95. The Morgan fingerprint density at radius 3 is 2.75 bits per heavy atom. The second-order valence-electron chi connectivity index (χ2n) is 1.78. The van der Waals surface area contributed by atoms with Crippen LogP contribution in [0.5, 0.6) is 0 Å². The van der Waals surface area contributed by atoms with Crippen LogP contribution in [0.4, 0.5) is 0 Å². The summed E-state index contributed by atoms with van der Waals surface area (Å²) < 4.78 is 0. The molecule has 1 radical (unpaired) electrons. The van der Waals surface area contributed by atoms with Gasteiger partial charge in [0.25, 0.3) is 0 Å². The maximum Gasteiger partial charge on any atom is 0.0609 e. The molecule has 47 valence electrons. The molecule has 0 aliphatic rings. The Bertz CT molecular complexity index is 59.4. The van der Waals surface area contributed by atoms with Gasteiger partial charge in [0.05, 0.1) is 6.10 Å². The molecule has 1 nitrogen and oxygen atoms in total. The maximum atomic E-state index is 8.92. The molecule has 0 aliphatic heterocycles. The highest BCUT2D eigenvalue weighted by atomic mass is 16.3. The topological polar surface area (TPSA) is 20.2 Å². The highest BCUT2D eigenvalue weighted by Gasteiger charge is 1.96. The lowest BCUT2D eigenvalue weighted by Crippen LogP contribution is -2.03. The first-order valence-corrected chi connectivity index (χ1v) is 2.95. The number of rotatable bonds is 4. The molecule has 1 atom stereocenters. The van der Waals surface area contributed by atoms with Gasteiger partial charge in [0.1, 0.15) is 0 Å². The molecule has 0 saturated heterocycles. The SMILES string of the molecule is C=C[CH]C(O)CCC. The van der Waals surface area contributed by atoms with Gasteiger partial charge >= 0.3 is 0 Å². The summed E-state index contributed by atoms with van der Waals surface area (Å²) in [5.41, 5.74) is 0. The molecule has 1 N–H and O–H groups in total. The highest BCUT2D eigenvalue weighted by Crippen LogP contribution is 1.98. The fourth-order valence-electron chi connectivity index (χ4n) is 0.549. The quantitative estimate of drug-likeness (QED) is 0.586. The zero-order valence-corrected chi connectivity index (χ0v) is 5.30. The van der Waals surface area contributed by atoms with Crippen molar-refractivity contribution in [1.29, 1.82) is 0 Å². The molecular weight excluding hydrogens is 100 g/mol. The van der Waals surface area contributed by atoms with Crippen molar-refractivity contribution in [2.75, 3.05) is 0 Å². The van der Waals surface area contributed by atoms with E-state index in [0.29, 0.717) is 0 Å². The zero-order valence-electron chi connectivity index (χ0n) is 5.30. The molecule has 1 unspecified atom stereocenters. The molecule has 0 amide bonds. The molecule has 0 rings (SSSR count). The van der Waals surface area contributed by atoms with E-state index in [1.165, 1.54) is 0 Å². The molecule has 0 aromatic carbocycles. The van der Waals surface area contributed by atoms with Crippen molar-refractivity contribution in [1.82, 2.24) is 0 Å². The Hall–Kier alpha value is -0.300. The largest absolute Gasteiger partial charge is 0.392 e. The van der Waals surface area contributed by atoms with Crippen molar-refractivity contribution < 1.29 is 5.11 Å². The molecule has 0 fully saturated rings. The van der Waals surface area contributed by atoms with E-state index >= 15 is 0 Å². The van der Waals surface area contributed by atoms with Gasteiger partial charge < -0.3 is 5.11 Å². The third-order valence-electron chi connectivity index (χ3n) is 0.943. The average Bonchev–Trinajstić information content (AvgIpc) is 1.68. The van der Waals surface area contributed by atoms with Crippen molar-refractivity contribution in [3.05, 3.63) is 19.1 Å². The smallest absolute Gasteiger partial charge is 0.0609 e. The van der Waals surface area contributed by atoms with Gasteiger partial charge in [0.2, 0.25) is 0 Å². The van der Waals surface area contributed by atoms with Crippen LogP contribution < -0.4 is 0 Å². The normalized spacial score (nSPS) is 13.2. The van der Waals surface area contributed by atoms with Crippen molar-refractivity contribution in [3.8, 4) is 0 Å². The molecule has 0 aromatic rings. The standard InChI is InChI=1S/C7H13O/c1-3-5-7(8)6-4-2/h3,5,7-8H,1,4,6H2,2H3. The number of aliphatic hydroxyl groups excluding tert-OH is 1. The Morgan fingerprint density at radius 1 is 1.75 bits per heavy atom. The summed E-state index contributed by atoms with van der Waals surface area (Å²) in [6.07, 6.45) is 4.90. The molecule has 0 aliphatic carbocycles. The Morgan fingerprint density at radius 2 is 2.38 bits per heavy atom. The van der Waals surface area contributed by atoms with E-state index in [1.54, 1.807) is 12.5 Å². The Labute approximate surface area is 51.0 Å². The van der Waals surface area contributed by atoms with Crippen LogP contribution in [0.1, 0.15) is 19.8 Å². The first kappa shape index (κ1) is 7.70. The van der Waals surface area contributed by atoms with Gasteiger partial charge in [-0.05, 0) is 6.42 Å². The number of hydrogen-bond donors (Lipinski definition) is 1. The monoisotopic (exact) mass is 113 g/mol. The van der Waals surface area contributed by atoms with E-state index in [-0.39, 0.29) is 6.10 Å². The van der Waals surface area contributed by atoms with E-state index in [1.807, 2.05) is 6.92 Å². The highest BCUT2D eigenvalue weighted by molar-refractivity contribution is 4.91. The Kier molecular flexibility index (Phi) is 4.67. The van der Waals surface area contributed by atoms with Crippen LogP contribution in [0.15, 0.2) is 12.7 Å². The van der Waals surface area contributed by atoms with Gasteiger partial charge in [0.15, 0.2) is 0 Å². The molecule has 0 aromatic heterocycles. The molecule has 0 spiro atoms. The minimum absolute atomic E-state index is 0.280. The zero-order chi connectivity index (χ0) is 6.41. The van der Waals surface area contributed by atoms with Crippen LogP contribution in [-0.4, -0.2) is 11.2 Å². The molecule has 0 saturated carbocycles. The lowest BCUT2D eigenvalue weighted by atomic mass is 10.1. The van der Waals surface area contributed by atoms with E-state index in [9.17, 15) is 0 Å². The van der Waals surface area contributed by atoms with Crippen molar-refractivity contribution in [2.45, 2.75) is 25.9 Å². The minimum Gasteiger partial charge on any atom is -0.392 e. The van der Waals surface area contributed by atoms with Crippen LogP contribution in [0.25, 0.3) is 0 Å². The third kappa shape index (κ3) is 3.88. The summed E-state index contributed by atoms with van der Waals surface area (Å²) in [6, 6.07) is 0. The van der Waals surface area contributed by atoms with Crippen LogP contribution >= 0.6 is 0 Å². The van der Waals surface area contributed by atoms with Gasteiger partial charge in [-0.15, -0.1) is 6.58 Å². The van der Waals surface area contributed by atoms with Crippen molar-refractivity contribution >= 4 is 0 Å². The van der Waals surface area contributed by atoms with Crippen LogP contribution in [0, 0.1) is 6.42 Å². The van der Waals surface area contributed by atoms with Crippen molar-refractivity contribution in [3.63, 3.8) is 0 Å². The predicted octanol–water partition coefficient (Wildman–Crippen LogP) is 1.54. The summed E-state index contributed by atoms with van der Waals surface area (Å²) in [5.74, 6) is 0. The van der Waals surface area contributed by atoms with E-state index < -0.39 is 0 Å². The second-order valence-corrected chi connectivity index (χ2v) is 1.78. The Balaban J connectivity index is 3.03. The maximum absolute atomic E-state index is 8.92.